The van der Waals surface area contributed by atoms with E-state index in [1.807, 2.05) is 30.3 Å². The molecule has 0 heterocycles. The van der Waals surface area contributed by atoms with Crippen molar-refractivity contribution in [3.8, 4) is 0 Å². The van der Waals surface area contributed by atoms with Gasteiger partial charge in [0.15, 0.2) is 0 Å². The average molecular weight is 273 g/mol. The fraction of sp³-hybridized carbons (Fsp3) is 0.133. The minimum Gasteiger partial charge on any atom is -0.322 e. The second kappa shape index (κ2) is 5.41. The molecule has 0 bridgehead atoms. The van der Waals surface area contributed by atoms with Gasteiger partial charge in [-0.1, -0.05) is 36.4 Å². The summed E-state index contributed by atoms with van der Waals surface area (Å²) in [6, 6.07) is 16.3. The minimum atomic E-state index is -2.48. The predicted molar refractivity (Wildman–Crippen MR) is 79.9 cm³/mol. The molecule has 1 amide bonds. The second-order valence-corrected chi connectivity index (χ2v) is 7.87. The van der Waals surface area contributed by atoms with E-state index in [1.165, 1.54) is 0 Å². The first-order valence-corrected chi connectivity index (χ1v) is 8.59. The first-order chi connectivity index (χ1) is 8.98. The lowest BCUT2D eigenvalue weighted by Crippen LogP contribution is -2.21. The van der Waals surface area contributed by atoms with E-state index in [0.717, 1.165) is 5.69 Å². The van der Waals surface area contributed by atoms with Crippen LogP contribution in [0.1, 0.15) is 10.4 Å². The summed E-state index contributed by atoms with van der Waals surface area (Å²) in [6.07, 6.45) is 0. The van der Waals surface area contributed by atoms with Gasteiger partial charge in [-0.3, -0.25) is 4.79 Å². The molecule has 2 aromatic rings. The Hall–Kier alpha value is -1.86. The van der Waals surface area contributed by atoms with Gasteiger partial charge in [0.25, 0.3) is 5.91 Å². The summed E-state index contributed by atoms with van der Waals surface area (Å²) >= 11 is 0. The minimum absolute atomic E-state index is 0.231. The molecule has 0 aromatic heterocycles. The number of hydrogen-bond donors (Lipinski definition) is 1. The van der Waals surface area contributed by atoms with Crippen LogP contribution in [0.2, 0.25) is 0 Å². The maximum atomic E-state index is 12.2. The third kappa shape index (κ3) is 3.33. The molecular weight excluding hydrogens is 257 g/mol. The zero-order chi connectivity index (χ0) is 13.9. The van der Waals surface area contributed by atoms with Gasteiger partial charge in [-0.15, -0.1) is 0 Å². The van der Waals surface area contributed by atoms with Gasteiger partial charge < -0.3 is 9.88 Å². The summed E-state index contributed by atoms with van der Waals surface area (Å²) in [5.74, 6) is -0.231. The molecule has 0 saturated heterocycles. The molecule has 0 aliphatic rings. The van der Waals surface area contributed by atoms with Crippen LogP contribution >= 0.6 is 7.14 Å². The van der Waals surface area contributed by atoms with Crippen LogP contribution < -0.4 is 10.6 Å². The topological polar surface area (TPSA) is 46.2 Å². The normalized spacial score (nSPS) is 11.1. The highest BCUT2D eigenvalue weighted by molar-refractivity contribution is 7.70. The number of carbonyl (C=O) groups is 1. The van der Waals surface area contributed by atoms with E-state index >= 15 is 0 Å². The molecule has 19 heavy (non-hydrogen) atoms. The Kier molecular flexibility index (Phi) is 3.87. The van der Waals surface area contributed by atoms with Crippen molar-refractivity contribution in [3.05, 3.63) is 60.2 Å². The first kappa shape index (κ1) is 13.6. The van der Waals surface area contributed by atoms with Gasteiger partial charge in [-0.25, -0.2) is 0 Å². The fourth-order valence-corrected chi connectivity index (χ4v) is 3.06. The quantitative estimate of drug-likeness (QED) is 0.873. The maximum Gasteiger partial charge on any atom is 0.256 e. The number of amides is 1. The molecule has 3 nitrogen and oxygen atoms in total. The van der Waals surface area contributed by atoms with E-state index in [1.54, 1.807) is 37.6 Å². The number of anilines is 1. The van der Waals surface area contributed by atoms with Gasteiger partial charge in [-0.2, -0.15) is 0 Å². The van der Waals surface area contributed by atoms with Crippen LogP contribution in [0.4, 0.5) is 5.69 Å². The van der Waals surface area contributed by atoms with Crippen LogP contribution in [0.15, 0.2) is 54.6 Å². The van der Waals surface area contributed by atoms with E-state index in [4.69, 9.17) is 0 Å². The monoisotopic (exact) mass is 273 g/mol. The second-order valence-electron chi connectivity index (χ2n) is 4.69. The summed E-state index contributed by atoms with van der Waals surface area (Å²) < 4.78 is 12.2. The molecule has 0 radical (unpaired) electrons. The van der Waals surface area contributed by atoms with Crippen molar-refractivity contribution in [2.24, 2.45) is 0 Å². The Labute approximate surface area is 113 Å². The number of hydrogen-bond acceptors (Lipinski definition) is 2. The highest BCUT2D eigenvalue weighted by atomic mass is 31.2. The molecule has 0 aliphatic heterocycles. The summed E-state index contributed by atoms with van der Waals surface area (Å²) in [5.41, 5.74) is 1.20. The predicted octanol–water partition coefficient (Wildman–Crippen LogP) is 3.19. The van der Waals surface area contributed by atoms with E-state index in [2.05, 4.69) is 5.32 Å². The van der Waals surface area contributed by atoms with Crippen molar-refractivity contribution in [1.82, 2.24) is 0 Å². The molecule has 0 saturated carbocycles. The fourth-order valence-electron chi connectivity index (χ4n) is 1.86. The Morgan fingerprint density at radius 1 is 0.947 bits per heavy atom. The van der Waals surface area contributed by atoms with Crippen molar-refractivity contribution in [2.45, 2.75) is 0 Å². The van der Waals surface area contributed by atoms with Gasteiger partial charge in [0.1, 0.15) is 7.14 Å². The largest absolute Gasteiger partial charge is 0.322 e. The van der Waals surface area contributed by atoms with Crippen molar-refractivity contribution in [2.75, 3.05) is 18.6 Å². The maximum absolute atomic E-state index is 12.2. The summed E-state index contributed by atoms with van der Waals surface area (Å²) in [7, 11) is -2.48. The SMILES string of the molecule is CP(C)(=O)c1ccccc1C(=O)Nc1ccccc1. The van der Waals surface area contributed by atoms with Crippen LogP contribution in [0.25, 0.3) is 0 Å². The number of benzene rings is 2. The lowest BCUT2D eigenvalue weighted by molar-refractivity contribution is 0.102. The Morgan fingerprint density at radius 3 is 2.16 bits per heavy atom. The van der Waals surface area contributed by atoms with Crippen LogP contribution in [-0.2, 0) is 4.57 Å². The summed E-state index contributed by atoms with van der Waals surface area (Å²) in [6.45, 7) is 3.34. The molecular formula is C15H16NO2P. The highest BCUT2D eigenvalue weighted by Crippen LogP contribution is 2.35. The molecule has 4 heteroatoms. The van der Waals surface area contributed by atoms with Crippen molar-refractivity contribution < 1.29 is 9.36 Å². The number of carbonyl (C=O) groups excluding carboxylic acids is 1. The van der Waals surface area contributed by atoms with Crippen molar-refractivity contribution in [1.29, 1.82) is 0 Å². The Balaban J connectivity index is 2.33. The molecule has 0 atom stereocenters. The lowest BCUT2D eigenvalue weighted by atomic mass is 10.2. The van der Waals surface area contributed by atoms with Gasteiger partial charge in [0, 0.05) is 11.0 Å². The molecule has 0 unspecified atom stereocenters. The third-order valence-corrected chi connectivity index (χ3v) is 4.31. The molecule has 2 aromatic carbocycles. The average Bonchev–Trinajstić information content (AvgIpc) is 2.39. The van der Waals surface area contributed by atoms with E-state index < -0.39 is 7.14 Å². The Bertz CT molecular complexity index is 632. The van der Waals surface area contributed by atoms with Gasteiger partial charge in [0.2, 0.25) is 0 Å². The van der Waals surface area contributed by atoms with Gasteiger partial charge >= 0.3 is 0 Å². The number of para-hydroxylation sites is 1. The number of nitrogens with one attached hydrogen (secondary N) is 1. The molecule has 2 rings (SSSR count). The van der Waals surface area contributed by atoms with Crippen LogP contribution in [0.3, 0.4) is 0 Å². The molecule has 1 N–H and O–H groups in total. The van der Waals surface area contributed by atoms with Crippen LogP contribution in [0, 0.1) is 0 Å². The zero-order valence-corrected chi connectivity index (χ0v) is 11.9. The number of rotatable bonds is 3. The van der Waals surface area contributed by atoms with Crippen molar-refractivity contribution >= 4 is 24.0 Å². The standard InChI is InChI=1S/C15H16NO2P/c1-19(2,18)14-11-7-6-10-13(14)15(17)16-12-8-4-3-5-9-12/h3-11H,1-2H3,(H,16,17). The smallest absolute Gasteiger partial charge is 0.256 e. The van der Waals surface area contributed by atoms with Gasteiger partial charge in [0.05, 0.1) is 5.56 Å². The third-order valence-electron chi connectivity index (χ3n) is 2.76. The van der Waals surface area contributed by atoms with Crippen LogP contribution in [-0.4, -0.2) is 19.2 Å². The van der Waals surface area contributed by atoms with E-state index in [-0.39, 0.29) is 5.91 Å². The van der Waals surface area contributed by atoms with Crippen LogP contribution in [0.5, 0.6) is 0 Å². The first-order valence-electron chi connectivity index (χ1n) is 5.99. The molecule has 98 valence electrons. The van der Waals surface area contributed by atoms with E-state index in [0.29, 0.717) is 10.9 Å². The lowest BCUT2D eigenvalue weighted by Gasteiger charge is -2.13. The zero-order valence-electron chi connectivity index (χ0n) is 11.0. The highest BCUT2D eigenvalue weighted by Gasteiger charge is 2.19. The summed E-state index contributed by atoms with van der Waals surface area (Å²) in [4.78, 5) is 12.2. The van der Waals surface area contributed by atoms with Crippen molar-refractivity contribution in [3.63, 3.8) is 0 Å². The molecule has 0 fully saturated rings. The van der Waals surface area contributed by atoms with E-state index in [9.17, 15) is 9.36 Å². The summed E-state index contributed by atoms with van der Waals surface area (Å²) in [5, 5.41) is 3.42. The molecule has 0 aliphatic carbocycles. The Morgan fingerprint density at radius 2 is 1.53 bits per heavy atom. The van der Waals surface area contributed by atoms with Gasteiger partial charge in [-0.05, 0) is 31.5 Å². The molecule has 0 spiro atoms.